The third-order valence-electron chi connectivity index (χ3n) is 4.39. The quantitative estimate of drug-likeness (QED) is 0.178. The number of ether oxygens (including phenoxy) is 4. The van der Waals surface area contributed by atoms with Crippen molar-refractivity contribution in [3.63, 3.8) is 0 Å². The number of nitrogens with zero attached hydrogens (tertiary/aromatic N) is 1. The second kappa shape index (κ2) is 12.6. The van der Waals surface area contributed by atoms with Crippen LogP contribution in [0.15, 0.2) is 6.07 Å². The summed E-state index contributed by atoms with van der Waals surface area (Å²) in [6.45, 7) is 2.52. The third-order valence-corrected chi connectivity index (χ3v) is 7.22. The molecule has 1 aromatic carbocycles. The van der Waals surface area contributed by atoms with Gasteiger partial charge in [-0.2, -0.15) is 0 Å². The van der Waals surface area contributed by atoms with E-state index in [0.717, 1.165) is 12.8 Å². The van der Waals surface area contributed by atoms with E-state index in [-0.39, 0.29) is 23.8 Å². The molecule has 10 nitrogen and oxygen atoms in total. The smallest absolute Gasteiger partial charge is 0.492 e. The lowest BCUT2D eigenvalue weighted by atomic mass is 10.1. The number of unbranched alkanes of at least 4 members (excludes halogenated alkanes) is 1. The van der Waals surface area contributed by atoms with Crippen LogP contribution >= 0.6 is 0 Å². The van der Waals surface area contributed by atoms with E-state index in [2.05, 4.69) is 0 Å². The fourth-order valence-electron chi connectivity index (χ4n) is 2.89. The number of hydrogen-bond acceptors (Lipinski definition) is 9. The molecule has 0 atom stereocenters. The maximum Gasteiger partial charge on any atom is 0.500 e. The predicted octanol–water partition coefficient (Wildman–Crippen LogP) is 3.19. The molecule has 0 fully saturated rings. The number of rotatable bonds is 15. The molecule has 0 bridgehead atoms. The number of benzene rings is 1. The van der Waals surface area contributed by atoms with Gasteiger partial charge in [0.1, 0.15) is 5.56 Å². The molecule has 0 radical (unpaired) electrons. The molecule has 0 N–H and O–H groups in total. The Morgan fingerprint density at radius 1 is 1.00 bits per heavy atom. The van der Waals surface area contributed by atoms with Crippen LogP contribution in [0.25, 0.3) is 0 Å². The van der Waals surface area contributed by atoms with Crippen molar-refractivity contribution in [3.8, 4) is 17.2 Å². The number of nitro benzene ring substituents is 1. The monoisotopic (exact) mass is 433 g/mol. The van der Waals surface area contributed by atoms with Gasteiger partial charge in [0.15, 0.2) is 11.5 Å². The van der Waals surface area contributed by atoms with Gasteiger partial charge in [0, 0.05) is 34.0 Å². The summed E-state index contributed by atoms with van der Waals surface area (Å²) in [6.07, 6.45) is 1.49. The van der Waals surface area contributed by atoms with Crippen molar-refractivity contribution >= 4 is 14.5 Å². The molecule has 0 aliphatic heterocycles. The first-order valence-electron chi connectivity index (χ1n) is 9.21. The Hall–Kier alpha value is -1.92. The van der Waals surface area contributed by atoms with Crippen LogP contribution in [-0.4, -0.2) is 62.5 Å². The molecule has 0 aromatic heterocycles. The van der Waals surface area contributed by atoms with Crippen LogP contribution in [0.4, 0.5) is 5.69 Å². The van der Waals surface area contributed by atoms with Crippen LogP contribution in [0.2, 0.25) is 6.04 Å². The van der Waals surface area contributed by atoms with Crippen LogP contribution < -0.4 is 14.2 Å². The van der Waals surface area contributed by atoms with Gasteiger partial charge in [-0.25, -0.2) is 0 Å². The zero-order chi connectivity index (χ0) is 21.9. The highest BCUT2D eigenvalue weighted by molar-refractivity contribution is 6.60. The zero-order valence-electron chi connectivity index (χ0n) is 17.9. The lowest BCUT2D eigenvalue weighted by Gasteiger charge is -2.24. The molecule has 1 rings (SSSR count). The Kier molecular flexibility index (Phi) is 10.9. The average Bonchev–Trinajstić information content (AvgIpc) is 2.73. The molecule has 166 valence electrons. The molecule has 0 heterocycles. The molecule has 0 spiro atoms. The minimum Gasteiger partial charge on any atom is -0.492 e. The van der Waals surface area contributed by atoms with Crippen molar-refractivity contribution in [2.45, 2.75) is 32.4 Å². The second-order valence-corrected chi connectivity index (χ2v) is 9.02. The minimum absolute atomic E-state index is 0.00363. The van der Waals surface area contributed by atoms with Gasteiger partial charge in [0.05, 0.1) is 38.4 Å². The fraction of sp³-hybridized carbons (Fsp3) is 0.667. The SMILES string of the molecule is CCOc1cc([N+](=O)[O-])c(COCCCC[Si](OC)(OC)OC)c(OC)c1OC. The molecule has 0 saturated carbocycles. The van der Waals surface area contributed by atoms with Gasteiger partial charge in [0.25, 0.3) is 5.69 Å². The molecular weight excluding hydrogens is 402 g/mol. The largest absolute Gasteiger partial charge is 0.500 e. The first-order valence-corrected chi connectivity index (χ1v) is 11.1. The van der Waals surface area contributed by atoms with E-state index in [1.165, 1.54) is 20.3 Å². The zero-order valence-corrected chi connectivity index (χ0v) is 18.9. The van der Waals surface area contributed by atoms with Crippen molar-refractivity contribution < 1.29 is 37.1 Å². The van der Waals surface area contributed by atoms with Gasteiger partial charge < -0.3 is 32.2 Å². The predicted molar refractivity (Wildman–Crippen MR) is 108 cm³/mol. The highest BCUT2D eigenvalue weighted by Crippen LogP contribution is 2.45. The van der Waals surface area contributed by atoms with Crippen LogP contribution in [0.3, 0.4) is 0 Å². The van der Waals surface area contributed by atoms with Gasteiger partial charge in [-0.3, -0.25) is 10.1 Å². The van der Waals surface area contributed by atoms with Crippen molar-refractivity contribution in [2.75, 3.05) is 48.8 Å². The first-order chi connectivity index (χ1) is 13.9. The fourth-order valence-corrected chi connectivity index (χ4v) is 4.69. The van der Waals surface area contributed by atoms with Gasteiger partial charge in [-0.1, -0.05) is 0 Å². The van der Waals surface area contributed by atoms with Crippen LogP contribution in [0.5, 0.6) is 17.2 Å². The maximum absolute atomic E-state index is 11.6. The van der Waals surface area contributed by atoms with Crippen molar-refractivity contribution in [2.24, 2.45) is 0 Å². The lowest BCUT2D eigenvalue weighted by molar-refractivity contribution is -0.386. The first kappa shape index (κ1) is 25.1. The van der Waals surface area contributed by atoms with E-state index in [1.54, 1.807) is 28.3 Å². The maximum atomic E-state index is 11.6. The molecule has 0 amide bonds. The van der Waals surface area contributed by atoms with Gasteiger partial charge in [0.2, 0.25) is 5.75 Å². The summed E-state index contributed by atoms with van der Waals surface area (Å²) in [6, 6.07) is 1.99. The molecule has 0 saturated heterocycles. The van der Waals surface area contributed by atoms with Gasteiger partial charge in [-0.05, 0) is 19.8 Å². The van der Waals surface area contributed by atoms with Crippen molar-refractivity contribution in [1.29, 1.82) is 0 Å². The topological polar surface area (TPSA) is 108 Å². The molecule has 1 aromatic rings. The molecule has 0 aliphatic carbocycles. The van der Waals surface area contributed by atoms with Crippen LogP contribution in [0.1, 0.15) is 25.3 Å². The highest BCUT2D eigenvalue weighted by Gasteiger charge is 2.36. The van der Waals surface area contributed by atoms with Crippen LogP contribution in [-0.2, 0) is 24.6 Å². The molecular formula is C18H31NO9Si. The summed E-state index contributed by atoms with van der Waals surface area (Å²) in [7, 11) is 4.98. The summed E-state index contributed by atoms with van der Waals surface area (Å²) in [4.78, 5) is 11.1. The summed E-state index contributed by atoms with van der Waals surface area (Å²) >= 11 is 0. The minimum atomic E-state index is -2.60. The summed E-state index contributed by atoms with van der Waals surface area (Å²) in [5.41, 5.74) is 0.155. The molecule has 0 aliphatic rings. The van der Waals surface area contributed by atoms with E-state index in [4.69, 9.17) is 32.2 Å². The molecule has 29 heavy (non-hydrogen) atoms. The van der Waals surface area contributed by atoms with E-state index < -0.39 is 13.7 Å². The number of methoxy groups -OCH3 is 2. The third kappa shape index (κ3) is 6.54. The van der Waals surface area contributed by atoms with E-state index in [9.17, 15) is 10.1 Å². The summed E-state index contributed by atoms with van der Waals surface area (Å²) in [5, 5.41) is 11.6. The summed E-state index contributed by atoms with van der Waals surface area (Å²) in [5.74, 6) is 0.784. The Morgan fingerprint density at radius 3 is 2.10 bits per heavy atom. The van der Waals surface area contributed by atoms with E-state index in [0.29, 0.717) is 30.6 Å². The van der Waals surface area contributed by atoms with Gasteiger partial charge >= 0.3 is 8.80 Å². The Balaban J connectivity index is 2.84. The standard InChI is InChI=1S/C18H31NO9Si/c1-7-28-16-12-15(19(20)21)14(17(22-2)18(16)23-3)13-27-10-8-9-11-29(24-4,25-5)26-6/h12H,7-11,13H2,1-6H3. The van der Waals surface area contributed by atoms with E-state index in [1.807, 2.05) is 0 Å². The highest BCUT2D eigenvalue weighted by atomic mass is 28.4. The van der Waals surface area contributed by atoms with Crippen LogP contribution in [0, 0.1) is 10.1 Å². The number of nitro groups is 1. The van der Waals surface area contributed by atoms with Crippen molar-refractivity contribution in [1.82, 2.24) is 0 Å². The second-order valence-electron chi connectivity index (χ2n) is 5.93. The van der Waals surface area contributed by atoms with Crippen molar-refractivity contribution in [3.05, 3.63) is 21.7 Å². The normalized spacial score (nSPS) is 11.4. The lowest BCUT2D eigenvalue weighted by Crippen LogP contribution is -2.42. The van der Waals surface area contributed by atoms with Gasteiger partial charge in [-0.15, -0.1) is 0 Å². The number of hydrogen-bond donors (Lipinski definition) is 0. The Morgan fingerprint density at radius 2 is 1.62 bits per heavy atom. The molecule has 0 unspecified atom stereocenters. The Labute approximate surface area is 172 Å². The Bertz CT molecular complexity index is 644. The molecule has 11 heteroatoms. The summed E-state index contributed by atoms with van der Waals surface area (Å²) < 4.78 is 38.0. The van der Waals surface area contributed by atoms with E-state index >= 15 is 0 Å². The average molecular weight is 434 g/mol.